The fourth-order valence-electron chi connectivity index (χ4n) is 3.99. The van der Waals surface area contributed by atoms with Crippen LogP contribution in [0.5, 0.6) is 0 Å². The first-order valence-corrected chi connectivity index (χ1v) is 9.02. The minimum Gasteiger partial charge on any atom is -0.338 e. The van der Waals surface area contributed by atoms with Gasteiger partial charge in [-0.3, -0.25) is 19.3 Å². The van der Waals surface area contributed by atoms with Crippen molar-refractivity contribution in [1.82, 2.24) is 15.1 Å². The van der Waals surface area contributed by atoms with Gasteiger partial charge in [-0.2, -0.15) is 0 Å². The molecule has 0 aromatic rings. The highest BCUT2D eigenvalue weighted by molar-refractivity contribution is 6.08. The zero-order valence-electron chi connectivity index (χ0n) is 14.9. The second kappa shape index (κ2) is 8.32. The number of imide groups is 1. The second-order valence-corrected chi connectivity index (χ2v) is 7.42. The molecular formula is C18H28ClN3O3. The van der Waals surface area contributed by atoms with Crippen LogP contribution in [0.2, 0.25) is 0 Å². The smallest absolute Gasteiger partial charge is 0.245 e. The second-order valence-electron chi connectivity index (χ2n) is 7.42. The van der Waals surface area contributed by atoms with Gasteiger partial charge in [0.2, 0.25) is 17.7 Å². The van der Waals surface area contributed by atoms with Gasteiger partial charge in [0.25, 0.3) is 0 Å². The molecule has 2 heterocycles. The number of amides is 3. The molecule has 3 atom stereocenters. The predicted molar refractivity (Wildman–Crippen MR) is 97.1 cm³/mol. The molecule has 0 bridgehead atoms. The number of halogens is 1. The van der Waals surface area contributed by atoms with Crippen LogP contribution in [0.25, 0.3) is 0 Å². The Morgan fingerprint density at radius 1 is 1.12 bits per heavy atom. The Hall–Kier alpha value is -1.40. The Kier molecular flexibility index (Phi) is 6.63. The van der Waals surface area contributed by atoms with E-state index in [4.69, 9.17) is 0 Å². The van der Waals surface area contributed by atoms with E-state index in [0.717, 1.165) is 13.1 Å². The van der Waals surface area contributed by atoms with E-state index in [0.29, 0.717) is 32.4 Å². The number of nitrogens with one attached hydrogen (secondary N) is 1. The van der Waals surface area contributed by atoms with Crippen LogP contribution in [0.3, 0.4) is 0 Å². The number of nitrogens with zero attached hydrogens (tertiary/aromatic N) is 2. The minimum atomic E-state index is -0.645. The minimum absolute atomic E-state index is 0. The molecule has 3 unspecified atom stereocenters. The summed E-state index contributed by atoms with van der Waals surface area (Å²) in [6.07, 6.45) is 5.72. The molecule has 6 nitrogen and oxygen atoms in total. The molecular weight excluding hydrogens is 342 g/mol. The van der Waals surface area contributed by atoms with Gasteiger partial charge in [0.1, 0.15) is 6.04 Å². The van der Waals surface area contributed by atoms with Crippen molar-refractivity contribution in [2.45, 2.75) is 39.2 Å². The molecule has 3 aliphatic rings. The lowest BCUT2D eigenvalue weighted by atomic mass is 9.85. The molecule has 2 saturated heterocycles. The van der Waals surface area contributed by atoms with Gasteiger partial charge in [-0.25, -0.2) is 0 Å². The number of hydrogen-bond donors (Lipinski definition) is 1. The Morgan fingerprint density at radius 2 is 1.64 bits per heavy atom. The summed E-state index contributed by atoms with van der Waals surface area (Å²) in [5.41, 5.74) is 0. The summed E-state index contributed by atoms with van der Waals surface area (Å²) in [6, 6.07) is -0.645. The molecule has 0 aromatic carbocycles. The van der Waals surface area contributed by atoms with Crippen LogP contribution < -0.4 is 5.32 Å². The molecule has 25 heavy (non-hydrogen) atoms. The van der Waals surface area contributed by atoms with Crippen molar-refractivity contribution in [3.8, 4) is 0 Å². The topological polar surface area (TPSA) is 69.7 Å². The lowest BCUT2D eigenvalue weighted by Gasteiger charge is -2.34. The molecule has 7 heteroatoms. The standard InChI is InChI=1S/C18H27N3O3.ClH/c1-12(2)11-15(18(24)20-9-7-19-8-10-20)21-16(22)13-5-3-4-6-14(13)17(21)23;/h3-4,12-15,19H,5-11H2,1-2H3;1H. The number of hydrogen-bond acceptors (Lipinski definition) is 4. The fourth-order valence-corrected chi connectivity index (χ4v) is 3.99. The van der Waals surface area contributed by atoms with E-state index in [2.05, 4.69) is 5.32 Å². The molecule has 2 aliphatic heterocycles. The van der Waals surface area contributed by atoms with Crippen LogP contribution in [0.1, 0.15) is 33.1 Å². The van der Waals surface area contributed by atoms with Gasteiger partial charge in [-0.05, 0) is 25.2 Å². The van der Waals surface area contributed by atoms with Gasteiger partial charge in [0.15, 0.2) is 0 Å². The normalized spacial score (nSPS) is 27.3. The first-order chi connectivity index (χ1) is 11.5. The summed E-state index contributed by atoms with van der Waals surface area (Å²) < 4.78 is 0. The monoisotopic (exact) mass is 369 g/mol. The summed E-state index contributed by atoms with van der Waals surface area (Å²) >= 11 is 0. The maximum absolute atomic E-state index is 13.1. The fraction of sp³-hybridized carbons (Fsp3) is 0.722. The summed E-state index contributed by atoms with van der Waals surface area (Å²) in [4.78, 5) is 41.9. The number of rotatable bonds is 4. The number of fused-ring (bicyclic) bond motifs is 1. The Morgan fingerprint density at radius 3 is 2.12 bits per heavy atom. The first-order valence-electron chi connectivity index (χ1n) is 9.02. The van der Waals surface area contributed by atoms with E-state index in [1.54, 1.807) is 4.90 Å². The van der Waals surface area contributed by atoms with Crippen molar-refractivity contribution in [2.24, 2.45) is 17.8 Å². The van der Waals surface area contributed by atoms with Crippen LogP contribution in [0.4, 0.5) is 0 Å². The van der Waals surface area contributed by atoms with Gasteiger partial charge in [0.05, 0.1) is 11.8 Å². The highest BCUT2D eigenvalue weighted by atomic mass is 35.5. The predicted octanol–water partition coefficient (Wildman–Crippen LogP) is 1.21. The van der Waals surface area contributed by atoms with Gasteiger partial charge in [0, 0.05) is 26.2 Å². The number of allylic oxidation sites excluding steroid dienone is 2. The molecule has 2 fully saturated rings. The SMILES string of the molecule is CC(C)CC(C(=O)N1CCNCC1)N1C(=O)C2CC=CCC2C1=O.Cl. The highest BCUT2D eigenvalue weighted by Crippen LogP contribution is 2.37. The van der Waals surface area contributed by atoms with Crippen molar-refractivity contribution in [1.29, 1.82) is 0 Å². The summed E-state index contributed by atoms with van der Waals surface area (Å²) in [5.74, 6) is -0.672. The van der Waals surface area contributed by atoms with Crippen LogP contribution in [-0.4, -0.2) is 59.7 Å². The maximum atomic E-state index is 13.1. The van der Waals surface area contributed by atoms with E-state index < -0.39 is 6.04 Å². The van der Waals surface area contributed by atoms with Crippen molar-refractivity contribution in [3.63, 3.8) is 0 Å². The van der Waals surface area contributed by atoms with Crippen LogP contribution >= 0.6 is 12.4 Å². The third-order valence-electron chi connectivity index (χ3n) is 5.26. The number of carbonyl (C=O) groups is 3. The van der Waals surface area contributed by atoms with Crippen molar-refractivity contribution in [2.75, 3.05) is 26.2 Å². The highest BCUT2D eigenvalue weighted by Gasteiger charge is 2.51. The third kappa shape index (κ3) is 3.90. The van der Waals surface area contributed by atoms with Crippen molar-refractivity contribution in [3.05, 3.63) is 12.2 Å². The molecule has 0 spiro atoms. The Bertz CT molecular complexity index is 532. The Balaban J connectivity index is 0.00000225. The van der Waals surface area contributed by atoms with E-state index in [9.17, 15) is 14.4 Å². The molecule has 1 N–H and O–H groups in total. The third-order valence-corrected chi connectivity index (χ3v) is 5.26. The summed E-state index contributed by atoms with van der Waals surface area (Å²) in [5, 5.41) is 3.23. The molecule has 0 saturated carbocycles. The van der Waals surface area contributed by atoms with Gasteiger partial charge >= 0.3 is 0 Å². The zero-order valence-corrected chi connectivity index (χ0v) is 15.8. The van der Waals surface area contributed by atoms with Gasteiger partial charge in [-0.1, -0.05) is 26.0 Å². The number of piperazine rings is 1. The lowest BCUT2D eigenvalue weighted by molar-refractivity contribution is -0.152. The average molecular weight is 370 g/mol. The van der Waals surface area contributed by atoms with Crippen LogP contribution in [-0.2, 0) is 14.4 Å². The maximum Gasteiger partial charge on any atom is 0.245 e. The summed E-state index contributed by atoms with van der Waals surface area (Å²) in [6.45, 7) is 6.85. The molecule has 1 aliphatic carbocycles. The van der Waals surface area contributed by atoms with E-state index in [-0.39, 0.29) is 47.9 Å². The molecule has 0 radical (unpaired) electrons. The molecule has 140 valence electrons. The lowest BCUT2D eigenvalue weighted by Crippen LogP contribution is -2.55. The first kappa shape index (κ1) is 19.9. The Labute approximate surface area is 155 Å². The van der Waals surface area contributed by atoms with E-state index >= 15 is 0 Å². The number of likely N-dealkylation sites (tertiary alicyclic amines) is 1. The van der Waals surface area contributed by atoms with Gasteiger partial charge in [-0.15, -0.1) is 12.4 Å². The van der Waals surface area contributed by atoms with E-state index in [1.807, 2.05) is 26.0 Å². The zero-order chi connectivity index (χ0) is 17.3. The quantitative estimate of drug-likeness (QED) is 0.597. The van der Waals surface area contributed by atoms with E-state index in [1.165, 1.54) is 4.90 Å². The van der Waals surface area contributed by atoms with Gasteiger partial charge < -0.3 is 10.2 Å². The van der Waals surface area contributed by atoms with Crippen molar-refractivity contribution < 1.29 is 14.4 Å². The summed E-state index contributed by atoms with van der Waals surface area (Å²) in [7, 11) is 0. The van der Waals surface area contributed by atoms with Crippen molar-refractivity contribution >= 4 is 30.1 Å². The van der Waals surface area contributed by atoms with Crippen LogP contribution in [0, 0.1) is 17.8 Å². The molecule has 3 amide bonds. The van der Waals surface area contributed by atoms with Crippen LogP contribution in [0.15, 0.2) is 12.2 Å². The molecule has 0 aromatic heterocycles. The average Bonchev–Trinajstić information content (AvgIpc) is 2.84. The molecule has 3 rings (SSSR count). The number of carbonyl (C=O) groups excluding carboxylic acids is 3. The largest absolute Gasteiger partial charge is 0.338 e.